The van der Waals surface area contributed by atoms with Crippen LogP contribution in [-0.2, 0) is 12.5 Å². The fourth-order valence-corrected chi connectivity index (χ4v) is 4.42. The van der Waals surface area contributed by atoms with Crippen LogP contribution in [0.15, 0.2) is 54.7 Å². The zero-order chi connectivity index (χ0) is 18.6. The van der Waals surface area contributed by atoms with Crippen molar-refractivity contribution < 1.29 is 4.57 Å². The first-order valence-electron chi connectivity index (χ1n) is 9.56. The summed E-state index contributed by atoms with van der Waals surface area (Å²) >= 11 is 0. The van der Waals surface area contributed by atoms with Crippen molar-refractivity contribution in [2.45, 2.75) is 46.0 Å². The third kappa shape index (κ3) is 2.34. The van der Waals surface area contributed by atoms with Gasteiger partial charge in [-0.2, -0.15) is 0 Å². The Kier molecular flexibility index (Phi) is 3.80. The van der Waals surface area contributed by atoms with Gasteiger partial charge in [0.25, 0.3) is 0 Å². The molecule has 0 saturated heterocycles. The molecule has 0 bridgehead atoms. The predicted octanol–water partition coefficient (Wildman–Crippen LogP) is 5.92. The minimum Gasteiger partial charge on any atom is -0.201 e. The molecule has 4 rings (SSSR count). The number of hydrogen-bond donors (Lipinski definition) is 0. The van der Waals surface area contributed by atoms with Gasteiger partial charge in [-0.05, 0) is 46.7 Å². The maximum atomic E-state index is 2.43. The number of benzene rings is 2. The van der Waals surface area contributed by atoms with E-state index in [4.69, 9.17) is 0 Å². The Bertz CT molecular complexity index is 1010. The maximum Gasteiger partial charge on any atom is 0.213 e. The molecule has 0 N–H and O–H groups in total. The zero-order valence-corrected chi connectivity index (χ0v) is 16.7. The van der Waals surface area contributed by atoms with E-state index in [1.54, 1.807) is 0 Å². The summed E-state index contributed by atoms with van der Waals surface area (Å²) in [5.74, 6) is 0.549. The maximum absolute atomic E-state index is 2.43. The van der Waals surface area contributed by atoms with Gasteiger partial charge in [0.05, 0.1) is 5.56 Å². The third-order valence-electron chi connectivity index (χ3n) is 6.05. The van der Waals surface area contributed by atoms with Gasteiger partial charge in [0.1, 0.15) is 7.05 Å². The van der Waals surface area contributed by atoms with Gasteiger partial charge in [-0.1, -0.05) is 58.0 Å². The average Bonchev–Trinajstić information content (AvgIpc) is 2.83. The number of nitrogens with zero attached hydrogens (tertiary/aromatic N) is 1. The molecule has 0 fully saturated rings. The van der Waals surface area contributed by atoms with Crippen molar-refractivity contribution in [3.63, 3.8) is 0 Å². The number of rotatable bonds is 2. The third-order valence-corrected chi connectivity index (χ3v) is 6.05. The molecule has 1 aliphatic carbocycles. The lowest BCUT2D eigenvalue weighted by Crippen LogP contribution is -2.30. The minimum absolute atomic E-state index is 0.0331. The van der Waals surface area contributed by atoms with E-state index in [-0.39, 0.29) is 5.41 Å². The van der Waals surface area contributed by atoms with Crippen molar-refractivity contribution in [2.75, 3.05) is 0 Å². The molecule has 0 spiro atoms. The summed E-state index contributed by atoms with van der Waals surface area (Å²) in [6.07, 6.45) is 2.14. The van der Waals surface area contributed by atoms with Gasteiger partial charge in [0.2, 0.25) is 5.69 Å². The molecule has 3 aromatic rings. The lowest BCUT2D eigenvalue weighted by atomic mass is 9.80. The molecule has 1 aromatic heterocycles. The molecular formula is C25H28N+. The molecule has 0 saturated carbocycles. The van der Waals surface area contributed by atoms with E-state index in [2.05, 4.69) is 101 Å². The molecular weight excluding hydrogens is 314 g/mol. The van der Waals surface area contributed by atoms with Crippen LogP contribution >= 0.6 is 0 Å². The summed E-state index contributed by atoms with van der Waals surface area (Å²) in [7, 11) is 2.14. The van der Waals surface area contributed by atoms with Crippen LogP contribution in [0.5, 0.6) is 0 Å². The van der Waals surface area contributed by atoms with E-state index in [0.717, 1.165) is 0 Å². The van der Waals surface area contributed by atoms with Crippen LogP contribution in [-0.4, -0.2) is 0 Å². The summed E-state index contributed by atoms with van der Waals surface area (Å²) < 4.78 is 2.23. The van der Waals surface area contributed by atoms with E-state index in [1.807, 2.05) is 0 Å². The summed E-state index contributed by atoms with van der Waals surface area (Å²) in [4.78, 5) is 0. The fraction of sp³-hybridized carbons (Fsp3) is 0.320. The zero-order valence-electron chi connectivity index (χ0n) is 16.7. The minimum atomic E-state index is 0.0331. The monoisotopic (exact) mass is 342 g/mol. The summed E-state index contributed by atoms with van der Waals surface area (Å²) in [6, 6.07) is 18.2. The highest BCUT2D eigenvalue weighted by Crippen LogP contribution is 2.52. The number of aromatic nitrogens is 1. The standard InChI is InChI=1S/C25H28N/c1-16(2)18-11-12-19-21(15-18)25(4,5)20-13-10-17(3)23(24(19)20)22-9-7-8-14-26(22)6/h7-16H,1-6H3/q+1. The lowest BCUT2D eigenvalue weighted by molar-refractivity contribution is -0.660. The van der Waals surface area contributed by atoms with Gasteiger partial charge in [-0.25, -0.2) is 4.57 Å². The Hall–Kier alpha value is -2.41. The molecule has 0 atom stereocenters. The van der Waals surface area contributed by atoms with Crippen molar-refractivity contribution >= 4 is 0 Å². The van der Waals surface area contributed by atoms with Gasteiger partial charge in [0, 0.05) is 23.1 Å². The first kappa shape index (κ1) is 17.0. The van der Waals surface area contributed by atoms with Gasteiger partial charge < -0.3 is 0 Å². The second-order valence-electron chi connectivity index (χ2n) is 8.46. The predicted molar refractivity (Wildman–Crippen MR) is 109 cm³/mol. The van der Waals surface area contributed by atoms with Crippen LogP contribution in [0, 0.1) is 6.92 Å². The highest BCUT2D eigenvalue weighted by molar-refractivity contribution is 5.92. The molecule has 0 amide bonds. The van der Waals surface area contributed by atoms with Gasteiger partial charge in [-0.3, -0.25) is 0 Å². The SMILES string of the molecule is Cc1ccc2c(c1-c1cccc[n+]1C)-c1ccc(C(C)C)cc1C2(C)C. The number of fused-ring (bicyclic) bond motifs is 3. The van der Waals surface area contributed by atoms with Crippen molar-refractivity contribution in [1.29, 1.82) is 0 Å². The molecule has 1 heteroatoms. The topological polar surface area (TPSA) is 3.88 Å². The van der Waals surface area contributed by atoms with Gasteiger partial charge >= 0.3 is 0 Å². The Balaban J connectivity index is 2.08. The smallest absolute Gasteiger partial charge is 0.201 e. The normalized spacial score (nSPS) is 14.4. The number of pyridine rings is 1. The van der Waals surface area contributed by atoms with E-state index in [1.165, 1.54) is 44.6 Å². The molecule has 2 aromatic carbocycles. The largest absolute Gasteiger partial charge is 0.213 e. The van der Waals surface area contributed by atoms with E-state index >= 15 is 0 Å². The Morgan fingerprint density at radius 2 is 1.65 bits per heavy atom. The highest BCUT2D eigenvalue weighted by Gasteiger charge is 2.38. The van der Waals surface area contributed by atoms with Crippen LogP contribution in [0.2, 0.25) is 0 Å². The van der Waals surface area contributed by atoms with Crippen molar-refractivity contribution in [1.82, 2.24) is 0 Å². The van der Waals surface area contributed by atoms with E-state index < -0.39 is 0 Å². The molecule has 0 unspecified atom stereocenters. The second kappa shape index (κ2) is 5.81. The van der Waals surface area contributed by atoms with Crippen LogP contribution < -0.4 is 4.57 Å². The lowest BCUT2D eigenvalue weighted by Gasteiger charge is -2.23. The molecule has 1 heterocycles. The first-order valence-corrected chi connectivity index (χ1v) is 9.56. The Morgan fingerprint density at radius 3 is 2.35 bits per heavy atom. The average molecular weight is 343 g/mol. The van der Waals surface area contributed by atoms with Crippen molar-refractivity contribution in [3.05, 3.63) is 77.0 Å². The number of hydrogen-bond acceptors (Lipinski definition) is 0. The molecule has 0 aliphatic heterocycles. The van der Waals surface area contributed by atoms with E-state index in [0.29, 0.717) is 5.92 Å². The Labute approximate surface area is 157 Å². The van der Waals surface area contributed by atoms with Crippen LogP contribution in [0.1, 0.15) is 55.9 Å². The van der Waals surface area contributed by atoms with Crippen molar-refractivity contribution in [2.24, 2.45) is 7.05 Å². The molecule has 1 nitrogen and oxygen atoms in total. The summed E-state index contributed by atoms with van der Waals surface area (Å²) in [6.45, 7) is 11.5. The molecule has 1 aliphatic rings. The second-order valence-corrected chi connectivity index (χ2v) is 8.46. The fourth-order valence-electron chi connectivity index (χ4n) is 4.42. The molecule has 132 valence electrons. The van der Waals surface area contributed by atoms with Crippen LogP contribution in [0.4, 0.5) is 0 Å². The van der Waals surface area contributed by atoms with E-state index in [9.17, 15) is 0 Å². The highest BCUT2D eigenvalue weighted by atomic mass is 14.9. The van der Waals surface area contributed by atoms with Gasteiger partial charge in [-0.15, -0.1) is 0 Å². The van der Waals surface area contributed by atoms with Gasteiger partial charge in [0.15, 0.2) is 6.20 Å². The first-order chi connectivity index (χ1) is 12.3. The Morgan fingerprint density at radius 1 is 0.885 bits per heavy atom. The molecule has 0 radical (unpaired) electrons. The van der Waals surface area contributed by atoms with Crippen molar-refractivity contribution in [3.8, 4) is 22.4 Å². The van der Waals surface area contributed by atoms with Crippen LogP contribution in [0.25, 0.3) is 22.4 Å². The summed E-state index contributed by atoms with van der Waals surface area (Å²) in [5.41, 5.74) is 11.2. The van der Waals surface area contributed by atoms with Crippen LogP contribution in [0.3, 0.4) is 0 Å². The quantitative estimate of drug-likeness (QED) is 0.509. The summed E-state index contributed by atoms with van der Waals surface area (Å²) in [5, 5.41) is 0. The molecule has 26 heavy (non-hydrogen) atoms. The number of aryl methyl sites for hydroxylation is 2.